The lowest BCUT2D eigenvalue weighted by molar-refractivity contribution is -0.127. The number of rotatable bonds is 11. The van der Waals surface area contributed by atoms with Crippen molar-refractivity contribution in [1.82, 2.24) is 10.2 Å². The maximum absolute atomic E-state index is 12.8. The first-order chi connectivity index (χ1) is 16.6. The van der Waals surface area contributed by atoms with Gasteiger partial charge in [-0.05, 0) is 90.9 Å². The second-order valence-corrected chi connectivity index (χ2v) is 8.68. The molecule has 4 rings (SSSR count). The lowest BCUT2D eigenvalue weighted by Crippen LogP contribution is -2.30. The first-order valence-corrected chi connectivity index (χ1v) is 11.8. The predicted octanol–water partition coefficient (Wildman–Crippen LogP) is 4.21. The first-order valence-electron chi connectivity index (χ1n) is 11.8. The SMILES string of the molecule is COc1cc2c(cc1OC)CC(=O)N(CCCNCC[C@@H]1Cc3cc(OC)c(OC)cc31)C=C2.Cl. The van der Waals surface area contributed by atoms with E-state index in [0.717, 1.165) is 55.0 Å². The van der Waals surface area contributed by atoms with Gasteiger partial charge >= 0.3 is 0 Å². The molecule has 1 amide bonds. The number of hydrogen-bond acceptors (Lipinski definition) is 6. The van der Waals surface area contributed by atoms with E-state index in [9.17, 15) is 4.79 Å². The Balaban J connectivity index is 0.00000342. The fourth-order valence-electron chi connectivity index (χ4n) is 4.73. The second-order valence-electron chi connectivity index (χ2n) is 8.68. The third kappa shape index (κ3) is 5.85. The smallest absolute Gasteiger partial charge is 0.230 e. The summed E-state index contributed by atoms with van der Waals surface area (Å²) in [5, 5.41) is 3.53. The Morgan fingerprint density at radius 3 is 2.20 bits per heavy atom. The number of nitrogens with one attached hydrogen (secondary N) is 1. The Bertz CT molecular complexity index is 1070. The highest BCUT2D eigenvalue weighted by Gasteiger charge is 2.28. The van der Waals surface area contributed by atoms with E-state index >= 15 is 0 Å². The number of fused-ring (bicyclic) bond motifs is 2. The molecule has 2 aromatic rings. The van der Waals surface area contributed by atoms with Crippen LogP contribution in [0.1, 0.15) is 41.0 Å². The van der Waals surface area contributed by atoms with Crippen LogP contribution >= 0.6 is 12.4 Å². The molecule has 1 N–H and O–H groups in total. The topological polar surface area (TPSA) is 69.3 Å². The molecule has 0 fully saturated rings. The summed E-state index contributed by atoms with van der Waals surface area (Å²) in [6.45, 7) is 2.51. The summed E-state index contributed by atoms with van der Waals surface area (Å²) in [6, 6.07) is 8.02. The summed E-state index contributed by atoms with van der Waals surface area (Å²) in [6.07, 6.45) is 7.28. The summed E-state index contributed by atoms with van der Waals surface area (Å²) in [7, 11) is 6.57. The lowest BCUT2D eigenvalue weighted by Gasteiger charge is -2.31. The number of methoxy groups -OCH3 is 4. The minimum absolute atomic E-state index is 0. The van der Waals surface area contributed by atoms with E-state index in [-0.39, 0.29) is 18.3 Å². The Kier molecular flexibility index (Phi) is 9.29. The molecule has 1 heterocycles. The zero-order valence-corrected chi connectivity index (χ0v) is 21.7. The summed E-state index contributed by atoms with van der Waals surface area (Å²) in [5.41, 5.74) is 4.66. The molecule has 8 heteroatoms. The number of benzene rings is 2. The van der Waals surface area contributed by atoms with Crippen molar-refractivity contribution in [3.8, 4) is 23.0 Å². The van der Waals surface area contributed by atoms with Gasteiger partial charge in [-0.15, -0.1) is 12.4 Å². The molecule has 2 aliphatic rings. The van der Waals surface area contributed by atoms with Gasteiger partial charge in [0.2, 0.25) is 5.91 Å². The largest absolute Gasteiger partial charge is 0.493 e. The quantitative estimate of drug-likeness (QED) is 0.464. The number of ether oxygens (including phenoxy) is 4. The Morgan fingerprint density at radius 1 is 0.886 bits per heavy atom. The highest BCUT2D eigenvalue weighted by atomic mass is 35.5. The maximum Gasteiger partial charge on any atom is 0.230 e. The van der Waals surface area contributed by atoms with Gasteiger partial charge in [0.25, 0.3) is 0 Å². The standard InChI is InChI=1S/C27H34N2O5.ClH/c1-31-23-13-18-7-11-29(27(30)16-20(18)14-24(23)32-2)10-5-8-28-9-6-19-12-21-15-25(33-3)26(34-4)17-22(19)21;/h7,11,13-15,17,19,28H,5-6,8-10,12,16H2,1-4H3;1H/t19-;/m1./s1. The molecule has 0 bridgehead atoms. The minimum atomic E-state index is 0. The third-order valence-corrected chi connectivity index (χ3v) is 6.72. The number of nitrogens with zero attached hydrogens (tertiary/aromatic N) is 1. The number of hydrogen-bond donors (Lipinski definition) is 1. The summed E-state index contributed by atoms with van der Waals surface area (Å²) < 4.78 is 21.6. The van der Waals surface area contributed by atoms with Crippen molar-refractivity contribution in [2.75, 3.05) is 48.1 Å². The van der Waals surface area contributed by atoms with Crippen LogP contribution in [-0.2, 0) is 17.6 Å². The van der Waals surface area contributed by atoms with Crippen LogP contribution < -0.4 is 24.3 Å². The predicted molar refractivity (Wildman–Crippen MR) is 139 cm³/mol. The molecule has 2 aromatic carbocycles. The van der Waals surface area contributed by atoms with E-state index < -0.39 is 0 Å². The van der Waals surface area contributed by atoms with Gasteiger partial charge in [-0.2, -0.15) is 0 Å². The minimum Gasteiger partial charge on any atom is -0.493 e. The summed E-state index contributed by atoms with van der Waals surface area (Å²) in [4.78, 5) is 14.6. The molecule has 7 nitrogen and oxygen atoms in total. The van der Waals surface area contributed by atoms with Crippen LogP contribution in [0.25, 0.3) is 6.08 Å². The molecule has 0 saturated heterocycles. The number of halogens is 1. The zero-order valence-electron chi connectivity index (χ0n) is 20.9. The van der Waals surface area contributed by atoms with Crippen LogP contribution in [0.15, 0.2) is 30.5 Å². The molecular weight excluding hydrogens is 468 g/mol. The van der Waals surface area contributed by atoms with Crippen molar-refractivity contribution >= 4 is 24.4 Å². The second kappa shape index (κ2) is 12.2. The van der Waals surface area contributed by atoms with E-state index in [1.54, 1.807) is 28.4 Å². The molecule has 190 valence electrons. The Morgan fingerprint density at radius 2 is 1.51 bits per heavy atom. The highest BCUT2D eigenvalue weighted by Crippen LogP contribution is 2.43. The van der Waals surface area contributed by atoms with E-state index in [2.05, 4.69) is 17.4 Å². The van der Waals surface area contributed by atoms with Crippen molar-refractivity contribution in [2.45, 2.75) is 31.6 Å². The number of carbonyl (C=O) groups excluding carboxylic acids is 1. The van der Waals surface area contributed by atoms with E-state index in [1.807, 2.05) is 29.3 Å². The molecule has 1 aliphatic heterocycles. The van der Waals surface area contributed by atoms with Gasteiger partial charge in [-0.25, -0.2) is 0 Å². The van der Waals surface area contributed by atoms with Crippen molar-refractivity contribution in [3.05, 3.63) is 52.7 Å². The molecule has 0 saturated carbocycles. The van der Waals surface area contributed by atoms with Crippen molar-refractivity contribution < 1.29 is 23.7 Å². The summed E-state index contributed by atoms with van der Waals surface area (Å²) in [5.74, 6) is 3.57. The molecular formula is C27H35ClN2O5. The van der Waals surface area contributed by atoms with Crippen molar-refractivity contribution in [3.63, 3.8) is 0 Å². The van der Waals surface area contributed by atoms with Gasteiger partial charge < -0.3 is 29.2 Å². The summed E-state index contributed by atoms with van der Waals surface area (Å²) >= 11 is 0. The van der Waals surface area contributed by atoms with E-state index in [0.29, 0.717) is 30.4 Å². The molecule has 1 atom stereocenters. The van der Waals surface area contributed by atoms with Crippen molar-refractivity contribution in [2.24, 2.45) is 0 Å². The van der Waals surface area contributed by atoms with E-state index in [4.69, 9.17) is 18.9 Å². The Hall–Kier alpha value is -2.90. The fourth-order valence-corrected chi connectivity index (χ4v) is 4.73. The Labute approximate surface area is 213 Å². The van der Waals surface area contributed by atoms with Crippen LogP contribution in [0.2, 0.25) is 0 Å². The van der Waals surface area contributed by atoms with Crippen LogP contribution in [0.4, 0.5) is 0 Å². The van der Waals surface area contributed by atoms with Gasteiger partial charge in [-0.1, -0.05) is 0 Å². The number of carbonyl (C=O) groups is 1. The average molecular weight is 503 g/mol. The normalized spacial score (nSPS) is 15.8. The molecule has 1 aliphatic carbocycles. The van der Waals surface area contributed by atoms with Crippen LogP contribution in [0.5, 0.6) is 23.0 Å². The van der Waals surface area contributed by atoms with Gasteiger partial charge in [0.15, 0.2) is 23.0 Å². The van der Waals surface area contributed by atoms with Crippen LogP contribution in [0, 0.1) is 0 Å². The monoisotopic (exact) mass is 502 g/mol. The van der Waals surface area contributed by atoms with E-state index in [1.165, 1.54) is 11.1 Å². The van der Waals surface area contributed by atoms with Gasteiger partial charge in [0.1, 0.15) is 0 Å². The van der Waals surface area contributed by atoms with Gasteiger partial charge in [0, 0.05) is 12.7 Å². The fraction of sp³-hybridized carbons (Fsp3) is 0.444. The van der Waals surface area contributed by atoms with Gasteiger partial charge in [0.05, 0.1) is 34.9 Å². The third-order valence-electron chi connectivity index (χ3n) is 6.72. The molecule has 0 spiro atoms. The molecule has 35 heavy (non-hydrogen) atoms. The van der Waals surface area contributed by atoms with Crippen LogP contribution in [0.3, 0.4) is 0 Å². The number of amides is 1. The highest BCUT2D eigenvalue weighted by molar-refractivity contribution is 5.85. The average Bonchev–Trinajstić information content (AvgIpc) is 2.99. The molecule has 0 radical (unpaired) electrons. The maximum atomic E-state index is 12.8. The zero-order chi connectivity index (χ0) is 24.1. The molecule has 0 aromatic heterocycles. The van der Waals surface area contributed by atoms with Crippen LogP contribution in [-0.4, -0.2) is 58.9 Å². The first kappa shape index (κ1) is 26.7. The van der Waals surface area contributed by atoms with Gasteiger partial charge in [-0.3, -0.25) is 4.79 Å². The van der Waals surface area contributed by atoms with Crippen molar-refractivity contribution in [1.29, 1.82) is 0 Å². The lowest BCUT2D eigenvalue weighted by atomic mass is 9.75. The molecule has 0 unspecified atom stereocenters.